The second kappa shape index (κ2) is 14.5. The molecule has 196 valence electrons. The SMILES string of the molecule is CSCCC(NC(=O)C(Cc1ccc(O)cc1)NC(=O)C(N)C(C)O)C(=O)NC(C(=O)O)C(C)O. The van der Waals surface area contributed by atoms with E-state index in [-0.39, 0.29) is 18.6 Å². The van der Waals surface area contributed by atoms with Gasteiger partial charge in [0.25, 0.3) is 0 Å². The van der Waals surface area contributed by atoms with Gasteiger partial charge >= 0.3 is 5.97 Å². The third kappa shape index (κ3) is 10.1. The Hall–Kier alpha value is -2.87. The summed E-state index contributed by atoms with van der Waals surface area (Å²) in [7, 11) is 0. The maximum absolute atomic E-state index is 13.1. The van der Waals surface area contributed by atoms with Gasteiger partial charge in [-0.3, -0.25) is 14.4 Å². The summed E-state index contributed by atoms with van der Waals surface area (Å²) in [6, 6.07) is 0.682. The Morgan fingerprint density at radius 2 is 1.46 bits per heavy atom. The van der Waals surface area contributed by atoms with Gasteiger partial charge in [0.05, 0.1) is 12.2 Å². The van der Waals surface area contributed by atoms with Crippen LogP contribution >= 0.6 is 11.8 Å². The van der Waals surface area contributed by atoms with Gasteiger partial charge in [0, 0.05) is 6.42 Å². The molecule has 0 aliphatic carbocycles. The fraction of sp³-hybridized carbons (Fsp3) is 0.545. The molecule has 1 aromatic rings. The Labute approximate surface area is 207 Å². The molecule has 9 N–H and O–H groups in total. The number of nitrogens with two attached hydrogens (primary N) is 1. The molecule has 0 aliphatic rings. The molecule has 6 unspecified atom stereocenters. The Kier molecular flexibility index (Phi) is 12.5. The van der Waals surface area contributed by atoms with Crippen molar-refractivity contribution < 1.29 is 39.6 Å². The zero-order valence-electron chi connectivity index (χ0n) is 19.8. The molecule has 0 spiro atoms. The molecule has 0 heterocycles. The fourth-order valence-corrected chi connectivity index (χ4v) is 3.45. The normalized spacial score (nSPS) is 16.2. The van der Waals surface area contributed by atoms with E-state index in [1.807, 2.05) is 0 Å². The Bertz CT molecular complexity index is 866. The highest BCUT2D eigenvalue weighted by atomic mass is 32.2. The lowest BCUT2D eigenvalue weighted by Gasteiger charge is -2.26. The molecule has 0 saturated heterocycles. The molecular weight excluding hydrogens is 480 g/mol. The van der Waals surface area contributed by atoms with Crippen molar-refractivity contribution in [1.82, 2.24) is 16.0 Å². The van der Waals surface area contributed by atoms with Crippen LogP contribution in [0.3, 0.4) is 0 Å². The van der Waals surface area contributed by atoms with Crippen LogP contribution in [-0.2, 0) is 25.6 Å². The van der Waals surface area contributed by atoms with Gasteiger partial charge in [-0.25, -0.2) is 4.79 Å². The molecular formula is C22H34N4O8S. The maximum Gasteiger partial charge on any atom is 0.328 e. The number of carbonyl (C=O) groups excluding carboxylic acids is 3. The molecule has 13 heteroatoms. The molecule has 3 amide bonds. The quantitative estimate of drug-likeness (QED) is 0.141. The number of hydrogen-bond acceptors (Lipinski definition) is 9. The molecule has 0 aromatic heterocycles. The number of hydrogen-bond donors (Lipinski definition) is 8. The number of aliphatic carboxylic acids is 1. The number of phenolic OH excluding ortho intramolecular Hbond substituents is 1. The van der Waals surface area contributed by atoms with E-state index in [0.29, 0.717) is 11.3 Å². The lowest BCUT2D eigenvalue weighted by atomic mass is 10.0. The number of carbonyl (C=O) groups is 4. The molecule has 12 nitrogen and oxygen atoms in total. The highest BCUT2D eigenvalue weighted by Gasteiger charge is 2.32. The molecule has 6 atom stereocenters. The maximum atomic E-state index is 13.1. The monoisotopic (exact) mass is 514 g/mol. The molecule has 1 aromatic carbocycles. The summed E-state index contributed by atoms with van der Waals surface area (Å²) in [4.78, 5) is 49.7. The smallest absolute Gasteiger partial charge is 0.328 e. The second-order valence-corrected chi connectivity index (χ2v) is 9.09. The number of thioether (sulfide) groups is 1. The minimum atomic E-state index is -1.58. The number of aliphatic hydroxyl groups excluding tert-OH is 2. The number of carboxylic acids is 1. The largest absolute Gasteiger partial charge is 0.508 e. The van der Waals surface area contributed by atoms with E-state index in [4.69, 9.17) is 5.73 Å². The van der Waals surface area contributed by atoms with E-state index >= 15 is 0 Å². The molecule has 35 heavy (non-hydrogen) atoms. The van der Waals surface area contributed by atoms with Crippen molar-refractivity contribution in [3.8, 4) is 5.75 Å². The average molecular weight is 515 g/mol. The van der Waals surface area contributed by atoms with Crippen LogP contribution in [0.4, 0.5) is 0 Å². The second-order valence-electron chi connectivity index (χ2n) is 8.11. The lowest BCUT2D eigenvalue weighted by Crippen LogP contribution is -2.59. The number of benzene rings is 1. The Balaban J connectivity index is 3.12. The summed E-state index contributed by atoms with van der Waals surface area (Å²) in [6.45, 7) is 2.53. The van der Waals surface area contributed by atoms with Gasteiger partial charge in [-0.05, 0) is 50.0 Å². The average Bonchev–Trinajstić information content (AvgIpc) is 2.79. The van der Waals surface area contributed by atoms with Gasteiger partial charge in [-0.15, -0.1) is 0 Å². The zero-order chi connectivity index (χ0) is 26.7. The molecule has 0 saturated carbocycles. The van der Waals surface area contributed by atoms with Gasteiger partial charge in [0.2, 0.25) is 17.7 Å². The summed E-state index contributed by atoms with van der Waals surface area (Å²) < 4.78 is 0. The first-order valence-corrected chi connectivity index (χ1v) is 12.3. The van der Waals surface area contributed by atoms with Crippen LogP contribution in [0.15, 0.2) is 24.3 Å². The van der Waals surface area contributed by atoms with Gasteiger partial charge in [-0.1, -0.05) is 12.1 Å². The van der Waals surface area contributed by atoms with Crippen molar-refractivity contribution in [3.05, 3.63) is 29.8 Å². The number of rotatable bonds is 14. The predicted octanol–water partition coefficient (Wildman–Crippen LogP) is -1.68. The van der Waals surface area contributed by atoms with E-state index in [2.05, 4.69) is 16.0 Å². The third-order valence-corrected chi connectivity index (χ3v) is 5.77. The first-order valence-electron chi connectivity index (χ1n) is 10.9. The van der Waals surface area contributed by atoms with Crippen LogP contribution in [0.5, 0.6) is 5.75 Å². The standard InChI is InChI=1S/C22H34N4O8S/c1-11(27)17(23)21(32)25-16(10-13-4-6-14(29)7-5-13)20(31)24-15(8-9-35-3)19(30)26-18(12(2)28)22(33)34/h4-7,11-12,15-18,27-29H,8-10,23H2,1-3H3,(H,24,31)(H,25,32)(H,26,30)(H,33,34). The lowest BCUT2D eigenvalue weighted by molar-refractivity contribution is -0.145. The van der Waals surface area contributed by atoms with Gasteiger partial charge in [0.15, 0.2) is 6.04 Å². The van der Waals surface area contributed by atoms with Gasteiger partial charge in [-0.2, -0.15) is 11.8 Å². The van der Waals surface area contributed by atoms with E-state index in [9.17, 15) is 39.6 Å². The number of phenols is 1. The van der Waals surface area contributed by atoms with E-state index in [1.165, 1.54) is 37.7 Å². The minimum absolute atomic E-state index is 0.00908. The summed E-state index contributed by atoms with van der Waals surface area (Å²) in [5.74, 6) is -3.32. The van der Waals surface area contributed by atoms with Crippen molar-refractivity contribution in [3.63, 3.8) is 0 Å². The highest BCUT2D eigenvalue weighted by molar-refractivity contribution is 7.98. The number of amides is 3. The first-order chi connectivity index (χ1) is 16.4. The van der Waals surface area contributed by atoms with Crippen molar-refractivity contribution in [2.24, 2.45) is 5.73 Å². The zero-order valence-corrected chi connectivity index (χ0v) is 20.6. The van der Waals surface area contributed by atoms with Crippen LogP contribution in [0.25, 0.3) is 0 Å². The first kappa shape index (κ1) is 30.2. The van der Waals surface area contributed by atoms with E-state index in [0.717, 1.165) is 0 Å². The topological polar surface area (TPSA) is 211 Å². The van der Waals surface area contributed by atoms with Crippen LogP contribution in [0.1, 0.15) is 25.8 Å². The number of carboxylic acid groups (broad SMARTS) is 1. The van der Waals surface area contributed by atoms with Crippen LogP contribution in [-0.4, -0.2) is 92.5 Å². The van der Waals surface area contributed by atoms with Crippen LogP contribution in [0.2, 0.25) is 0 Å². The fourth-order valence-electron chi connectivity index (χ4n) is 2.98. The third-order valence-electron chi connectivity index (χ3n) is 5.12. The molecule has 0 radical (unpaired) electrons. The molecule has 0 aliphatic heterocycles. The van der Waals surface area contributed by atoms with Crippen molar-refractivity contribution in [1.29, 1.82) is 0 Å². The molecule has 1 rings (SSSR count). The summed E-state index contributed by atoms with van der Waals surface area (Å²) >= 11 is 1.40. The Morgan fingerprint density at radius 3 is 1.94 bits per heavy atom. The van der Waals surface area contributed by atoms with Crippen LogP contribution in [0, 0.1) is 0 Å². The van der Waals surface area contributed by atoms with Crippen molar-refractivity contribution in [2.45, 2.75) is 63.1 Å². The van der Waals surface area contributed by atoms with Crippen molar-refractivity contribution in [2.75, 3.05) is 12.0 Å². The molecule has 0 bridgehead atoms. The predicted molar refractivity (Wildman–Crippen MR) is 130 cm³/mol. The van der Waals surface area contributed by atoms with Gasteiger partial charge < -0.3 is 42.1 Å². The van der Waals surface area contributed by atoms with E-state index in [1.54, 1.807) is 18.4 Å². The Morgan fingerprint density at radius 1 is 0.914 bits per heavy atom. The van der Waals surface area contributed by atoms with Crippen molar-refractivity contribution >= 4 is 35.5 Å². The van der Waals surface area contributed by atoms with Crippen LogP contribution < -0.4 is 21.7 Å². The minimum Gasteiger partial charge on any atom is -0.508 e. The van der Waals surface area contributed by atoms with E-state index < -0.39 is 60.1 Å². The number of aliphatic hydroxyl groups is 2. The summed E-state index contributed by atoms with van der Waals surface area (Å²) in [5, 5.41) is 45.2. The van der Waals surface area contributed by atoms with Gasteiger partial charge in [0.1, 0.15) is 23.9 Å². The number of nitrogens with one attached hydrogen (secondary N) is 3. The summed E-state index contributed by atoms with van der Waals surface area (Å²) in [6.07, 6.45) is -0.638. The molecule has 0 fully saturated rings. The summed E-state index contributed by atoms with van der Waals surface area (Å²) in [5.41, 5.74) is 6.26. The number of aromatic hydroxyl groups is 1. The highest BCUT2D eigenvalue weighted by Crippen LogP contribution is 2.12.